The van der Waals surface area contributed by atoms with Gasteiger partial charge in [-0.05, 0) is 29.8 Å². The number of benzene rings is 2. The van der Waals surface area contributed by atoms with Gasteiger partial charge in [-0.3, -0.25) is 0 Å². The number of alkyl halides is 1. The molecule has 0 aliphatic heterocycles. The van der Waals surface area contributed by atoms with Gasteiger partial charge in [0.15, 0.2) is 0 Å². The molecule has 0 saturated carbocycles. The average molecular weight is 326 g/mol. The van der Waals surface area contributed by atoms with Gasteiger partial charge in [-0.25, -0.2) is 4.39 Å². The van der Waals surface area contributed by atoms with Crippen LogP contribution < -0.4 is 5.32 Å². The third-order valence-corrected chi connectivity index (χ3v) is 4.40. The van der Waals surface area contributed by atoms with Gasteiger partial charge in [0, 0.05) is 22.9 Å². The average Bonchev–Trinajstić information content (AvgIpc) is 2.52. The zero-order chi connectivity index (χ0) is 15.1. The van der Waals surface area contributed by atoms with E-state index in [1.54, 1.807) is 23.9 Å². The number of anilines is 1. The molecule has 0 bridgehead atoms. The molecule has 2 N–H and O–H groups in total. The van der Waals surface area contributed by atoms with Crippen LogP contribution in [0.25, 0.3) is 0 Å². The minimum atomic E-state index is -0.568. The molecule has 5 heteroatoms. The summed E-state index contributed by atoms with van der Waals surface area (Å²) in [6.07, 6.45) is -0.568. The first kappa shape index (κ1) is 16.1. The SMILES string of the molecule is OC(CCl)CNc1ccccc1SCc1ccc(F)cc1. The van der Waals surface area contributed by atoms with Crippen molar-refractivity contribution in [2.75, 3.05) is 17.7 Å². The Morgan fingerprint density at radius 1 is 1.14 bits per heavy atom. The molecule has 2 aromatic carbocycles. The van der Waals surface area contributed by atoms with Crippen molar-refractivity contribution in [3.8, 4) is 0 Å². The lowest BCUT2D eigenvalue weighted by molar-refractivity contribution is 0.211. The van der Waals surface area contributed by atoms with Crippen molar-refractivity contribution in [3.05, 3.63) is 59.9 Å². The maximum Gasteiger partial charge on any atom is 0.123 e. The first-order valence-electron chi connectivity index (χ1n) is 6.63. The van der Waals surface area contributed by atoms with E-state index in [4.69, 9.17) is 11.6 Å². The fraction of sp³-hybridized carbons (Fsp3) is 0.250. The number of thioether (sulfide) groups is 1. The highest BCUT2D eigenvalue weighted by atomic mass is 35.5. The number of aliphatic hydroxyl groups excluding tert-OH is 1. The van der Waals surface area contributed by atoms with Gasteiger partial charge in [-0.2, -0.15) is 0 Å². The molecule has 2 rings (SSSR count). The molecule has 0 fully saturated rings. The first-order valence-corrected chi connectivity index (χ1v) is 8.15. The summed E-state index contributed by atoms with van der Waals surface area (Å²) in [6.45, 7) is 0.414. The largest absolute Gasteiger partial charge is 0.390 e. The molecule has 0 spiro atoms. The fourth-order valence-corrected chi connectivity index (χ4v) is 2.86. The second kappa shape index (κ2) is 8.27. The van der Waals surface area contributed by atoms with Crippen LogP contribution in [-0.2, 0) is 5.75 Å². The molecular formula is C16H17ClFNOS. The Morgan fingerprint density at radius 2 is 1.86 bits per heavy atom. The smallest absolute Gasteiger partial charge is 0.123 e. The van der Waals surface area contributed by atoms with E-state index in [1.165, 1.54) is 12.1 Å². The van der Waals surface area contributed by atoms with Crippen LogP contribution in [0.2, 0.25) is 0 Å². The topological polar surface area (TPSA) is 32.3 Å². The molecule has 2 aromatic rings. The number of halogens is 2. The van der Waals surface area contributed by atoms with Crippen LogP contribution in [-0.4, -0.2) is 23.6 Å². The van der Waals surface area contributed by atoms with Gasteiger partial charge in [0.05, 0.1) is 12.0 Å². The minimum Gasteiger partial charge on any atom is -0.390 e. The van der Waals surface area contributed by atoms with Gasteiger partial charge < -0.3 is 10.4 Å². The molecular weight excluding hydrogens is 309 g/mol. The molecule has 0 aromatic heterocycles. The third-order valence-electron chi connectivity index (χ3n) is 2.90. The molecule has 0 heterocycles. The Balaban J connectivity index is 1.97. The molecule has 2 nitrogen and oxygen atoms in total. The molecule has 0 radical (unpaired) electrons. The molecule has 21 heavy (non-hydrogen) atoms. The van der Waals surface area contributed by atoms with Gasteiger partial charge in [0.2, 0.25) is 0 Å². The fourth-order valence-electron chi connectivity index (χ4n) is 1.76. The maximum absolute atomic E-state index is 12.9. The Morgan fingerprint density at radius 3 is 2.57 bits per heavy atom. The quantitative estimate of drug-likeness (QED) is 0.593. The van der Waals surface area contributed by atoms with E-state index in [0.29, 0.717) is 6.54 Å². The summed E-state index contributed by atoms with van der Waals surface area (Å²) in [5, 5.41) is 12.7. The number of hydrogen-bond donors (Lipinski definition) is 2. The molecule has 1 atom stereocenters. The highest BCUT2D eigenvalue weighted by Crippen LogP contribution is 2.29. The van der Waals surface area contributed by atoms with Crippen molar-refractivity contribution in [1.29, 1.82) is 0 Å². The van der Waals surface area contributed by atoms with E-state index in [2.05, 4.69) is 5.32 Å². The van der Waals surface area contributed by atoms with Crippen LogP contribution in [0.4, 0.5) is 10.1 Å². The Labute approximate surface area is 133 Å². The van der Waals surface area contributed by atoms with Crippen molar-refractivity contribution >= 4 is 29.1 Å². The number of aliphatic hydroxyl groups is 1. The molecule has 1 unspecified atom stereocenters. The van der Waals surface area contributed by atoms with Crippen LogP contribution in [0, 0.1) is 5.82 Å². The Hall–Kier alpha value is -1.23. The van der Waals surface area contributed by atoms with Crippen molar-refractivity contribution < 1.29 is 9.50 Å². The van der Waals surface area contributed by atoms with E-state index in [1.807, 2.05) is 24.3 Å². The van der Waals surface area contributed by atoms with Crippen LogP contribution in [0.3, 0.4) is 0 Å². The van der Waals surface area contributed by atoms with Gasteiger partial charge in [-0.15, -0.1) is 23.4 Å². The van der Waals surface area contributed by atoms with Crippen molar-refractivity contribution in [2.45, 2.75) is 16.8 Å². The Bertz CT molecular complexity index is 564. The van der Waals surface area contributed by atoms with Gasteiger partial charge in [0.25, 0.3) is 0 Å². The lowest BCUT2D eigenvalue weighted by Crippen LogP contribution is -2.20. The second-order valence-electron chi connectivity index (χ2n) is 4.60. The highest BCUT2D eigenvalue weighted by Gasteiger charge is 2.06. The van der Waals surface area contributed by atoms with Gasteiger partial charge in [0.1, 0.15) is 5.82 Å². The zero-order valence-corrected chi connectivity index (χ0v) is 13.0. The number of rotatable bonds is 7. The summed E-state index contributed by atoms with van der Waals surface area (Å²) in [4.78, 5) is 1.09. The second-order valence-corrected chi connectivity index (χ2v) is 5.93. The van der Waals surface area contributed by atoms with Crippen LogP contribution in [0.5, 0.6) is 0 Å². The van der Waals surface area contributed by atoms with E-state index in [-0.39, 0.29) is 11.7 Å². The van der Waals surface area contributed by atoms with Crippen LogP contribution in [0.15, 0.2) is 53.4 Å². The molecule has 0 saturated heterocycles. The zero-order valence-electron chi connectivity index (χ0n) is 11.4. The van der Waals surface area contributed by atoms with E-state index in [0.717, 1.165) is 21.9 Å². The standard InChI is InChI=1S/C16H17ClFNOS/c17-9-14(20)10-19-15-3-1-2-4-16(15)21-11-12-5-7-13(18)8-6-12/h1-8,14,19-20H,9-11H2. The van der Waals surface area contributed by atoms with Crippen LogP contribution >= 0.6 is 23.4 Å². The third kappa shape index (κ3) is 5.23. The predicted octanol–water partition coefficient (Wildman–Crippen LogP) is 4.13. The molecule has 0 amide bonds. The van der Waals surface area contributed by atoms with E-state index >= 15 is 0 Å². The van der Waals surface area contributed by atoms with E-state index < -0.39 is 6.10 Å². The molecule has 0 aliphatic rings. The lowest BCUT2D eigenvalue weighted by Gasteiger charge is -2.13. The normalized spacial score (nSPS) is 12.1. The predicted molar refractivity (Wildman–Crippen MR) is 87.6 cm³/mol. The molecule has 112 valence electrons. The number of hydrogen-bond acceptors (Lipinski definition) is 3. The van der Waals surface area contributed by atoms with Gasteiger partial charge >= 0.3 is 0 Å². The summed E-state index contributed by atoms with van der Waals surface area (Å²) in [6, 6.07) is 14.4. The summed E-state index contributed by atoms with van der Waals surface area (Å²) >= 11 is 7.25. The van der Waals surface area contributed by atoms with Gasteiger partial charge in [-0.1, -0.05) is 24.3 Å². The van der Waals surface area contributed by atoms with Crippen molar-refractivity contribution in [3.63, 3.8) is 0 Å². The molecule has 0 aliphatic carbocycles. The Kier molecular flexibility index (Phi) is 6.36. The van der Waals surface area contributed by atoms with Crippen LogP contribution in [0.1, 0.15) is 5.56 Å². The summed E-state index contributed by atoms with van der Waals surface area (Å²) in [5.74, 6) is 0.746. The van der Waals surface area contributed by atoms with Crippen molar-refractivity contribution in [2.24, 2.45) is 0 Å². The van der Waals surface area contributed by atoms with Crippen molar-refractivity contribution in [1.82, 2.24) is 0 Å². The minimum absolute atomic E-state index is 0.206. The monoisotopic (exact) mass is 325 g/mol. The van der Waals surface area contributed by atoms with E-state index in [9.17, 15) is 9.50 Å². The number of para-hydroxylation sites is 1. The highest BCUT2D eigenvalue weighted by molar-refractivity contribution is 7.98. The lowest BCUT2D eigenvalue weighted by atomic mass is 10.2. The summed E-state index contributed by atoms with van der Waals surface area (Å²) in [5.41, 5.74) is 2.03. The first-order chi connectivity index (χ1) is 10.2. The summed E-state index contributed by atoms with van der Waals surface area (Å²) in [7, 11) is 0. The summed E-state index contributed by atoms with van der Waals surface area (Å²) < 4.78 is 12.9. The maximum atomic E-state index is 12.9. The number of nitrogens with one attached hydrogen (secondary N) is 1.